The molecule has 0 radical (unpaired) electrons. The Balaban J connectivity index is 1.61. The normalized spacial score (nSPS) is 11.2. The lowest BCUT2D eigenvalue weighted by Crippen LogP contribution is -2.17. The Morgan fingerprint density at radius 3 is 2.20 bits per heavy atom. The number of carbonyl (C=O) groups excluding carboxylic acids is 2. The molecule has 2 aromatic carbocycles. The number of halogens is 4. The first kappa shape index (κ1) is 27.0. The predicted octanol–water partition coefficient (Wildman–Crippen LogP) is 5.17. The van der Waals surface area contributed by atoms with Crippen molar-refractivity contribution in [1.82, 2.24) is 24.9 Å². The molecular weight excluding hydrogens is 542 g/mol. The van der Waals surface area contributed by atoms with Crippen molar-refractivity contribution in [2.45, 2.75) is 6.18 Å². The highest BCUT2D eigenvalue weighted by Gasteiger charge is 2.36. The van der Waals surface area contributed by atoms with E-state index >= 15 is 4.39 Å². The molecule has 5 aromatic rings. The second-order valence-corrected chi connectivity index (χ2v) is 8.52. The summed E-state index contributed by atoms with van der Waals surface area (Å²) in [5, 5.41) is 2.54. The molecule has 0 aliphatic rings. The number of alkyl halides is 3. The minimum Gasteiger partial charge on any atom is -0.364 e. The van der Waals surface area contributed by atoms with Gasteiger partial charge in [0.25, 0.3) is 11.8 Å². The number of primary amides is 1. The first-order valence-corrected chi connectivity index (χ1v) is 11.8. The lowest BCUT2D eigenvalue weighted by Gasteiger charge is -2.16. The molecule has 3 aromatic heterocycles. The maximum absolute atomic E-state index is 15.0. The summed E-state index contributed by atoms with van der Waals surface area (Å²) in [6, 6.07) is 13.8. The minimum atomic E-state index is -4.94. The lowest BCUT2D eigenvalue weighted by molar-refractivity contribution is -0.137. The molecule has 0 saturated carbocycles. The van der Waals surface area contributed by atoms with E-state index in [1.165, 1.54) is 43.0 Å². The second kappa shape index (κ2) is 10.9. The van der Waals surface area contributed by atoms with Gasteiger partial charge in [-0.05, 0) is 30.3 Å². The van der Waals surface area contributed by atoms with Crippen LogP contribution in [0.3, 0.4) is 0 Å². The van der Waals surface area contributed by atoms with Gasteiger partial charge in [0.2, 0.25) is 0 Å². The summed E-state index contributed by atoms with van der Waals surface area (Å²) in [7, 11) is 0. The van der Waals surface area contributed by atoms with Crippen molar-refractivity contribution in [3.63, 3.8) is 0 Å². The van der Waals surface area contributed by atoms with Crippen LogP contribution in [0.15, 0.2) is 85.5 Å². The highest BCUT2D eigenvalue weighted by molar-refractivity contribution is 6.07. The van der Waals surface area contributed by atoms with Crippen LogP contribution in [0.25, 0.3) is 34.0 Å². The molecule has 3 heterocycles. The zero-order valence-electron chi connectivity index (χ0n) is 20.7. The lowest BCUT2D eigenvalue weighted by atomic mass is 10.0. The fourth-order valence-electron chi connectivity index (χ4n) is 3.94. The molecule has 0 aliphatic carbocycles. The third kappa shape index (κ3) is 5.73. The van der Waals surface area contributed by atoms with Crippen LogP contribution < -0.4 is 11.1 Å². The number of aromatic nitrogens is 5. The third-order valence-electron chi connectivity index (χ3n) is 5.81. The molecule has 3 N–H and O–H groups in total. The van der Waals surface area contributed by atoms with Crippen molar-refractivity contribution in [3.05, 3.63) is 108 Å². The van der Waals surface area contributed by atoms with Crippen molar-refractivity contribution in [2.24, 2.45) is 5.73 Å². The van der Waals surface area contributed by atoms with E-state index < -0.39 is 40.5 Å². The molecule has 0 aliphatic heterocycles. The van der Waals surface area contributed by atoms with Crippen LogP contribution in [-0.2, 0) is 6.18 Å². The number of hydrogen-bond donors (Lipinski definition) is 2. The number of carbonyl (C=O) groups is 2. The molecule has 5 rings (SSSR count). The van der Waals surface area contributed by atoms with Crippen molar-refractivity contribution in [2.75, 3.05) is 5.32 Å². The zero-order chi connectivity index (χ0) is 29.1. The van der Waals surface area contributed by atoms with Crippen LogP contribution in [0.4, 0.5) is 23.2 Å². The number of nitrogens with two attached hydrogens (primary N) is 1. The van der Waals surface area contributed by atoms with Crippen LogP contribution in [-0.4, -0.2) is 36.7 Å². The summed E-state index contributed by atoms with van der Waals surface area (Å²) in [5.74, 6) is -3.53. The fraction of sp³-hybridized carbons (Fsp3) is 0.0357. The van der Waals surface area contributed by atoms with Gasteiger partial charge >= 0.3 is 6.18 Å². The van der Waals surface area contributed by atoms with Crippen LogP contribution in [0.1, 0.15) is 26.4 Å². The molecule has 9 nitrogen and oxygen atoms in total. The number of nitrogens with one attached hydrogen (secondary N) is 1. The topological polar surface area (TPSA) is 137 Å². The first-order valence-electron chi connectivity index (χ1n) is 11.8. The Morgan fingerprint density at radius 1 is 0.805 bits per heavy atom. The van der Waals surface area contributed by atoms with E-state index in [0.717, 1.165) is 6.07 Å². The van der Waals surface area contributed by atoms with Gasteiger partial charge in [-0.2, -0.15) is 13.2 Å². The quantitative estimate of drug-likeness (QED) is 0.274. The smallest absolute Gasteiger partial charge is 0.364 e. The molecule has 13 heteroatoms. The molecule has 0 saturated heterocycles. The zero-order valence-corrected chi connectivity index (χ0v) is 20.7. The number of benzene rings is 2. The van der Waals surface area contributed by atoms with Gasteiger partial charge < -0.3 is 11.1 Å². The van der Waals surface area contributed by atoms with Crippen LogP contribution >= 0.6 is 0 Å². The van der Waals surface area contributed by atoms with E-state index in [9.17, 15) is 22.8 Å². The van der Waals surface area contributed by atoms with Gasteiger partial charge in [-0.3, -0.25) is 14.6 Å². The number of rotatable bonds is 6. The van der Waals surface area contributed by atoms with Gasteiger partial charge in [0.1, 0.15) is 11.5 Å². The molecule has 0 atom stereocenters. The van der Waals surface area contributed by atoms with Gasteiger partial charge in [0, 0.05) is 41.5 Å². The van der Waals surface area contributed by atoms with Crippen LogP contribution in [0.2, 0.25) is 0 Å². The summed E-state index contributed by atoms with van der Waals surface area (Å²) < 4.78 is 56.3. The average Bonchev–Trinajstić information content (AvgIpc) is 2.97. The Labute approximate surface area is 229 Å². The van der Waals surface area contributed by atoms with Crippen molar-refractivity contribution in [3.8, 4) is 34.0 Å². The number of anilines is 1. The van der Waals surface area contributed by atoms with E-state index in [1.54, 1.807) is 30.3 Å². The molecule has 0 bridgehead atoms. The van der Waals surface area contributed by atoms with Crippen LogP contribution in [0.5, 0.6) is 0 Å². The molecular formula is C28H17F4N7O2. The van der Waals surface area contributed by atoms with E-state index in [4.69, 9.17) is 5.73 Å². The summed E-state index contributed by atoms with van der Waals surface area (Å²) in [6.45, 7) is 0. The van der Waals surface area contributed by atoms with Crippen molar-refractivity contribution in [1.29, 1.82) is 0 Å². The predicted molar refractivity (Wildman–Crippen MR) is 140 cm³/mol. The molecule has 41 heavy (non-hydrogen) atoms. The summed E-state index contributed by atoms with van der Waals surface area (Å²) in [6.07, 6.45) is 0.231. The standard InChI is InChI=1S/C28H17F4N7O2/c29-20-13-19(28(30,31)32)17(26-34-8-4-9-35-26)12-18(20)27(41)39-22-11-16(25-36-10-7-21(38-25)24(33)40)14-37-23(22)15-5-2-1-3-6-15/h1-14H,(H2,33,40)(H,39,41). The summed E-state index contributed by atoms with van der Waals surface area (Å²) in [5.41, 5.74) is 3.85. The minimum absolute atomic E-state index is 0.0600. The summed E-state index contributed by atoms with van der Waals surface area (Å²) >= 11 is 0. The van der Waals surface area contributed by atoms with Gasteiger partial charge in [-0.1, -0.05) is 30.3 Å². The maximum atomic E-state index is 15.0. The molecule has 2 amide bonds. The van der Waals surface area contributed by atoms with E-state index in [0.29, 0.717) is 5.56 Å². The molecule has 0 unspecified atom stereocenters. The van der Waals surface area contributed by atoms with Crippen molar-refractivity contribution < 1.29 is 27.2 Å². The maximum Gasteiger partial charge on any atom is 0.417 e. The Hall–Kier alpha value is -5.59. The number of pyridine rings is 1. The van der Waals surface area contributed by atoms with Gasteiger partial charge in [-0.25, -0.2) is 24.3 Å². The van der Waals surface area contributed by atoms with E-state index in [-0.39, 0.29) is 40.4 Å². The van der Waals surface area contributed by atoms with Crippen molar-refractivity contribution >= 4 is 17.5 Å². The van der Waals surface area contributed by atoms with Crippen LogP contribution in [0, 0.1) is 5.82 Å². The van der Waals surface area contributed by atoms with Gasteiger partial charge in [0.05, 0.1) is 22.5 Å². The first-order chi connectivity index (χ1) is 19.6. The average molecular weight is 559 g/mol. The largest absolute Gasteiger partial charge is 0.417 e. The molecule has 204 valence electrons. The fourth-order valence-corrected chi connectivity index (χ4v) is 3.94. The monoisotopic (exact) mass is 559 g/mol. The molecule has 0 fully saturated rings. The van der Waals surface area contributed by atoms with E-state index in [1.807, 2.05) is 0 Å². The van der Waals surface area contributed by atoms with Gasteiger partial charge in [0.15, 0.2) is 11.6 Å². The SMILES string of the molecule is NC(=O)c1ccnc(-c2cnc(-c3ccccc3)c(NC(=O)c3cc(-c4ncccn4)c(C(F)(F)F)cc3F)c2)n1. The Morgan fingerprint density at radius 2 is 1.51 bits per heavy atom. The highest BCUT2D eigenvalue weighted by Crippen LogP contribution is 2.38. The Bertz CT molecular complexity index is 1770. The Kier molecular flexibility index (Phi) is 7.17. The van der Waals surface area contributed by atoms with E-state index in [2.05, 4.69) is 30.2 Å². The number of nitrogens with zero attached hydrogens (tertiary/aromatic N) is 5. The second-order valence-electron chi connectivity index (χ2n) is 8.52. The number of amides is 2. The third-order valence-corrected chi connectivity index (χ3v) is 5.81. The highest BCUT2D eigenvalue weighted by atomic mass is 19.4. The van der Waals surface area contributed by atoms with Gasteiger partial charge in [-0.15, -0.1) is 0 Å². The summed E-state index contributed by atoms with van der Waals surface area (Å²) in [4.78, 5) is 45.2. The number of hydrogen-bond acceptors (Lipinski definition) is 7. The molecule has 0 spiro atoms.